The number of hydrogen-bond donors (Lipinski definition) is 6. The van der Waals surface area contributed by atoms with Crippen LogP contribution >= 0.6 is 15.9 Å². The normalized spacial score (nSPS) is 11.0. The van der Waals surface area contributed by atoms with Crippen molar-refractivity contribution in [1.82, 2.24) is 5.48 Å². The average molecular weight is 862 g/mol. The van der Waals surface area contributed by atoms with Gasteiger partial charge in [-0.1, -0.05) is 97.4 Å². The van der Waals surface area contributed by atoms with E-state index < -0.39 is 24.3 Å². The maximum absolute atomic E-state index is 10.6. The van der Waals surface area contributed by atoms with E-state index >= 15 is 0 Å². The molecule has 0 saturated carbocycles. The van der Waals surface area contributed by atoms with Gasteiger partial charge in [0, 0.05) is 17.4 Å². The van der Waals surface area contributed by atoms with E-state index in [0.29, 0.717) is 24.4 Å². The van der Waals surface area contributed by atoms with Crippen LogP contribution in [0.3, 0.4) is 0 Å². The minimum atomic E-state index is -5.08. The van der Waals surface area contributed by atoms with Gasteiger partial charge >= 0.3 is 24.3 Å². The molecule has 0 unspecified atom stereocenters. The molecule has 0 aliphatic carbocycles. The number of nitrogens with two attached hydrogens (primary N) is 1. The highest BCUT2D eigenvalue weighted by molar-refractivity contribution is 9.09. The number of hydrogen-bond acceptors (Lipinski definition) is 8. The number of nitrogens with one attached hydrogen (secondary N) is 1. The molecule has 2 aromatic rings. The largest absolute Gasteiger partial charge is 0.494 e. The molecule has 0 heterocycles. The van der Waals surface area contributed by atoms with E-state index in [2.05, 4.69) is 31.4 Å². The van der Waals surface area contributed by atoms with Gasteiger partial charge in [0.1, 0.15) is 11.5 Å². The lowest BCUT2D eigenvalue weighted by Gasteiger charge is -2.07. The lowest BCUT2D eigenvalue weighted by Crippen LogP contribution is -2.21. The maximum atomic E-state index is 10.6. The summed E-state index contributed by atoms with van der Waals surface area (Å²) in [5.74, 6) is -3.75. The number of oxime groups is 1. The van der Waals surface area contributed by atoms with E-state index in [0.717, 1.165) is 49.1 Å². The van der Waals surface area contributed by atoms with Crippen LogP contribution in [0.15, 0.2) is 53.7 Å². The molecule has 0 saturated heterocycles. The first kappa shape index (κ1) is 52.8. The van der Waals surface area contributed by atoms with Crippen molar-refractivity contribution in [2.75, 3.05) is 25.1 Å². The number of benzene rings is 2. The minimum Gasteiger partial charge on any atom is -0.494 e. The number of carboxylic acids is 2. The number of carboxylic acid groups (broad SMARTS) is 2. The molecule has 0 atom stereocenters. The summed E-state index contributed by atoms with van der Waals surface area (Å²) in [5.41, 5.74) is 9.00. The van der Waals surface area contributed by atoms with Crippen LogP contribution in [0, 0.1) is 6.57 Å². The van der Waals surface area contributed by atoms with Gasteiger partial charge in [-0.3, -0.25) is 0 Å². The fourth-order valence-corrected chi connectivity index (χ4v) is 4.44. The van der Waals surface area contributed by atoms with Gasteiger partial charge in [-0.25, -0.2) is 19.9 Å². The molecule has 12 nitrogen and oxygen atoms in total. The third kappa shape index (κ3) is 32.8. The Hall–Kier alpha value is -4.28. The van der Waals surface area contributed by atoms with Crippen molar-refractivity contribution >= 4 is 39.4 Å². The molecule has 0 bridgehead atoms. The van der Waals surface area contributed by atoms with Gasteiger partial charge in [-0.05, 0) is 62.1 Å². The predicted molar refractivity (Wildman–Crippen MR) is 198 cm³/mol. The van der Waals surface area contributed by atoms with Crippen molar-refractivity contribution in [3.8, 4) is 11.5 Å². The monoisotopic (exact) mass is 860 g/mol. The van der Waals surface area contributed by atoms with Crippen LogP contribution in [0.1, 0.15) is 95.5 Å². The lowest BCUT2D eigenvalue weighted by molar-refractivity contribution is -0.193. The fourth-order valence-electron chi connectivity index (χ4n) is 4.05. The summed E-state index contributed by atoms with van der Waals surface area (Å²) in [6.45, 7) is 9.04. The van der Waals surface area contributed by atoms with Gasteiger partial charge < -0.3 is 35.8 Å². The van der Waals surface area contributed by atoms with Crippen LogP contribution in [0.4, 0.5) is 32.0 Å². The van der Waals surface area contributed by atoms with Gasteiger partial charge in [0.25, 0.3) is 0 Å². The number of hydroxylamine groups is 1. The van der Waals surface area contributed by atoms with E-state index in [1.165, 1.54) is 64.2 Å². The topological polar surface area (TPSA) is 188 Å². The third-order valence-electron chi connectivity index (χ3n) is 6.96. The molecule has 0 aliphatic heterocycles. The number of nitrogens with zero attached hydrogens (tertiary/aromatic N) is 2. The highest BCUT2D eigenvalue weighted by Gasteiger charge is 2.38. The van der Waals surface area contributed by atoms with Gasteiger partial charge in [0.15, 0.2) is 11.5 Å². The first-order chi connectivity index (χ1) is 26.0. The maximum Gasteiger partial charge on any atom is 0.490 e. The van der Waals surface area contributed by atoms with Crippen LogP contribution in [-0.4, -0.2) is 75.8 Å². The average Bonchev–Trinajstić information content (AvgIpc) is 3.15. The second-order valence-corrected chi connectivity index (χ2v) is 12.3. The van der Waals surface area contributed by atoms with Crippen LogP contribution in [0.25, 0.3) is 4.85 Å². The minimum absolute atomic E-state index is 0.0984. The first-order valence-corrected chi connectivity index (χ1v) is 18.5. The number of amidine groups is 1. The Morgan fingerprint density at radius 2 is 1.04 bits per heavy atom. The number of halogens is 7. The molecule has 7 N–H and O–H groups in total. The Morgan fingerprint density at radius 3 is 1.36 bits per heavy atom. The predicted octanol–water partition coefficient (Wildman–Crippen LogP) is 9.88. The van der Waals surface area contributed by atoms with Gasteiger partial charge in [0.2, 0.25) is 0 Å². The summed E-state index contributed by atoms with van der Waals surface area (Å²) in [4.78, 5) is 21.1. The van der Waals surface area contributed by atoms with Crippen molar-refractivity contribution in [2.45, 2.75) is 102 Å². The summed E-state index contributed by atoms with van der Waals surface area (Å²) < 4.78 is 74.8. The molecule has 0 aliphatic rings. The smallest absolute Gasteiger partial charge is 0.490 e. The number of unbranched alkanes of at least 4 members (excludes halogenated alkanes) is 12. The van der Waals surface area contributed by atoms with Gasteiger partial charge in [-0.15, -0.1) is 0 Å². The van der Waals surface area contributed by atoms with Crippen molar-refractivity contribution in [3.05, 3.63) is 65.5 Å². The van der Waals surface area contributed by atoms with E-state index in [1.807, 2.05) is 24.3 Å². The molecule has 2 rings (SSSR count). The molecule has 0 amide bonds. The molecule has 55 heavy (non-hydrogen) atoms. The molecular weight excluding hydrogens is 810 g/mol. The van der Waals surface area contributed by atoms with Crippen molar-refractivity contribution in [2.24, 2.45) is 10.9 Å². The van der Waals surface area contributed by atoms with Crippen molar-refractivity contribution < 1.29 is 66.0 Å². The van der Waals surface area contributed by atoms with E-state index in [-0.39, 0.29) is 5.84 Å². The number of carbonyl (C=O) groups is 2. The van der Waals surface area contributed by atoms with E-state index in [4.69, 9.17) is 52.0 Å². The molecule has 0 radical (unpaired) electrons. The number of ether oxygens (including phenoxy) is 2. The molecule has 0 aromatic heterocycles. The standard InChI is InChI=1S/C16H22BrNO.C16H27N3O3.2C2HF3O2/c1-18-15-9-11-16(12-10-15)19-14-8-6-4-2-3-5-7-13-17;17-16(19-21)14-8-10-15(11-9-14)22-13-7-5-3-1-2-4-6-12-18-20;2*3-2(4,5)1(6)7/h9-12H,2-8,13-14H2;8-11,18,20-21H,1-7,12-13H2,(H2,17,19);2*(H,6,7). The molecule has 0 spiro atoms. The zero-order valence-corrected chi connectivity index (χ0v) is 32.0. The Morgan fingerprint density at radius 1 is 0.691 bits per heavy atom. The molecule has 2 aromatic carbocycles. The molecule has 0 fully saturated rings. The number of aliphatic carboxylic acids is 2. The van der Waals surface area contributed by atoms with Crippen LogP contribution in [0.5, 0.6) is 11.5 Å². The second kappa shape index (κ2) is 33.1. The van der Waals surface area contributed by atoms with Crippen molar-refractivity contribution in [3.63, 3.8) is 0 Å². The lowest BCUT2D eigenvalue weighted by atomic mass is 10.1. The van der Waals surface area contributed by atoms with Gasteiger partial charge in [0.05, 0.1) is 19.8 Å². The molecule has 19 heteroatoms. The van der Waals surface area contributed by atoms with E-state index in [9.17, 15) is 26.3 Å². The first-order valence-electron chi connectivity index (χ1n) is 17.4. The molecular formula is C36H51BrF6N4O8. The highest BCUT2D eigenvalue weighted by atomic mass is 79.9. The Labute approximate surface area is 325 Å². The summed E-state index contributed by atoms with van der Waals surface area (Å²) in [7, 11) is 0. The van der Waals surface area contributed by atoms with E-state index in [1.54, 1.807) is 24.3 Å². The summed E-state index contributed by atoms with van der Waals surface area (Å²) in [6, 6.07) is 14.5. The second-order valence-electron chi connectivity index (χ2n) is 11.5. The molecule has 312 valence electrons. The quantitative estimate of drug-likeness (QED) is 0.00972. The zero-order valence-electron chi connectivity index (χ0n) is 30.4. The fraction of sp³-hybridized carbons (Fsp3) is 0.556. The third-order valence-corrected chi connectivity index (χ3v) is 7.52. The summed E-state index contributed by atoms with van der Waals surface area (Å²) >= 11 is 3.45. The van der Waals surface area contributed by atoms with Gasteiger partial charge in [-0.2, -0.15) is 26.3 Å². The van der Waals surface area contributed by atoms with Crippen molar-refractivity contribution in [1.29, 1.82) is 0 Å². The summed E-state index contributed by atoms with van der Waals surface area (Å²) in [6.07, 6.45) is 6.91. The zero-order chi connectivity index (χ0) is 42.0. The van der Waals surface area contributed by atoms with Crippen LogP contribution in [-0.2, 0) is 9.59 Å². The SMILES string of the molecule is N/C(=N\O)c1ccc(OCCCCCCCCCNO)cc1.O=C(O)C(F)(F)F.O=C(O)C(F)(F)F.[C-]#[N+]c1ccc(OCCCCCCCCCBr)cc1. The van der Waals surface area contributed by atoms with Crippen LogP contribution < -0.4 is 20.7 Å². The Bertz CT molecular complexity index is 1320. The highest BCUT2D eigenvalue weighted by Crippen LogP contribution is 2.19. The summed E-state index contributed by atoms with van der Waals surface area (Å²) in [5, 5.41) is 35.3. The Balaban J connectivity index is 0. The van der Waals surface area contributed by atoms with Crippen LogP contribution in [0.2, 0.25) is 0 Å². The number of alkyl halides is 7. The number of rotatable bonds is 22. The Kier molecular flexibility index (Phi) is 31.8.